The number of terminal acetylenes is 1. The van der Waals surface area contributed by atoms with Crippen molar-refractivity contribution in [3.63, 3.8) is 0 Å². The minimum absolute atomic E-state index is 0. The van der Waals surface area contributed by atoms with Crippen molar-refractivity contribution in [2.24, 2.45) is 9.98 Å². The quantitative estimate of drug-likeness (QED) is 0.0254. The number of thiophene rings is 2. The molecule has 2 saturated heterocycles. The number of halogens is 3. The Hall–Kier alpha value is -2.41. The van der Waals surface area contributed by atoms with Crippen molar-refractivity contribution < 1.29 is 30.2 Å². The number of amides is 6. The Kier molecular flexibility index (Phi) is 56.1. The summed E-state index contributed by atoms with van der Waals surface area (Å²) in [5, 5.41) is 32.9. The van der Waals surface area contributed by atoms with Crippen LogP contribution in [0.1, 0.15) is 202 Å². The lowest BCUT2D eigenvalue weighted by Crippen LogP contribution is -2.52. The molecule has 4 N–H and O–H groups in total. The highest BCUT2D eigenvalue weighted by Crippen LogP contribution is 2.43. The Morgan fingerprint density at radius 3 is 1.21 bits per heavy atom. The molecular weight excluding hydrogens is 2700 g/mol. The molecule has 0 spiro atoms. The Morgan fingerprint density at radius 2 is 0.848 bits per heavy atom. The molecule has 2 fully saturated rings. The molecule has 0 bridgehead atoms. The van der Waals surface area contributed by atoms with Gasteiger partial charge in [-0.15, -0.1) is 49.5 Å². The summed E-state index contributed by atoms with van der Waals surface area (Å²) in [7, 11) is 52.6. The summed E-state index contributed by atoms with van der Waals surface area (Å²) < 4.78 is 5.57. The number of imide groups is 2. The fourth-order valence-corrected chi connectivity index (χ4v) is 92.7. The van der Waals surface area contributed by atoms with Crippen LogP contribution in [0.25, 0.3) is 10.0 Å². The van der Waals surface area contributed by atoms with E-state index in [0.29, 0.717) is 47.8 Å². The molecule has 6 aliphatic heterocycles. The van der Waals surface area contributed by atoms with E-state index in [1.807, 2.05) is 179 Å². The highest BCUT2D eigenvalue weighted by molar-refractivity contribution is 14.1. The molecule has 776 valence electrons. The molecule has 62 heteroatoms. The summed E-state index contributed by atoms with van der Waals surface area (Å²) in [5.41, 5.74) is 17.8. The van der Waals surface area contributed by atoms with Gasteiger partial charge >= 0.3 is 0 Å². The Balaban J connectivity index is 0.000000204. The number of nitrogens with one attached hydrogen (secondary N) is 4. The average molecular weight is 2790 g/mol. The number of hydrogen-bond donors (Lipinski definition) is 4. The fourth-order valence-electron chi connectivity index (χ4n) is 15.0. The van der Waals surface area contributed by atoms with Crippen LogP contribution < -0.4 is 21.3 Å². The highest BCUT2D eigenvalue weighted by Gasteiger charge is 2.42. The number of piperidine rings is 2. The van der Waals surface area contributed by atoms with E-state index in [4.69, 9.17) is 67.0 Å². The van der Waals surface area contributed by atoms with Crippen molar-refractivity contribution in [3.8, 4) is 22.3 Å². The van der Waals surface area contributed by atoms with Gasteiger partial charge in [-0.3, -0.25) is 63.5 Å². The molecule has 6 amide bonds. The number of pyridine rings is 2. The summed E-state index contributed by atoms with van der Waals surface area (Å²) in [6, 6.07) is 33.8. The average Bonchev–Trinajstić information content (AvgIpc) is 1.57. The van der Waals surface area contributed by atoms with Gasteiger partial charge in [-0.05, 0) is 211 Å². The molecule has 6 aliphatic rings. The van der Waals surface area contributed by atoms with Crippen LogP contribution in [0.2, 0.25) is 10.0 Å². The predicted octanol–water partition coefficient (Wildman–Crippen LogP) is 15.1. The molecule has 22 nitrogen and oxygen atoms in total. The second kappa shape index (κ2) is 66.2. The van der Waals surface area contributed by atoms with Gasteiger partial charge in [-0.25, -0.2) is 4.98 Å². The largest absolute Gasteiger partial charge is 0.385 e. The highest BCUT2D eigenvalue weighted by atomic mass is 127. The number of carbonyl (C=O) groups is 6. The minimum Gasteiger partial charge on any atom is -0.385 e. The molecule has 12 heterocycles. The van der Waals surface area contributed by atoms with E-state index in [2.05, 4.69) is 146 Å². The SMILES string of the molecule is C.C#Cc1ccc(CCCCNc2cccc3c2CN(C2CCC(=O)NC2=O)C3=O)cn1.Cc1c(CCc2ccc(CCCCNc3cccc4c3CN(C3CCC(=O)NC3=O)C4=O)cn2)sc2c1C(c1ccc(Cl)cc1)=N[C@@H](C)c1nnc(C)n1-2.Cc1c(I)sc2c1C(c1ccc(Cl)cc1)=N[C@@H](C)c1nnc(C)n1-2.S=S=S=S=S=S=S=S=S=S.S=S=S=S=S=S=S=S=S=S=S=S=S=S=S=S=S=S=S=S=S=S=S=S=S.[HH]. The molecule has 4 aromatic carbocycles. The number of hydrogen-bond acceptors (Lipinski definition) is 22. The van der Waals surface area contributed by atoms with Crippen LogP contribution in [0.15, 0.2) is 132 Å². The van der Waals surface area contributed by atoms with Gasteiger partial charge in [0.15, 0.2) is 11.6 Å². The molecule has 2 unspecified atom stereocenters. The summed E-state index contributed by atoms with van der Waals surface area (Å²) in [6.45, 7) is 14.7. The zero-order valence-electron chi connectivity index (χ0n) is 75.3. The first-order valence-electron chi connectivity index (χ1n) is 42.0. The standard InChI is InChI=1S/C41H41ClN8O3S.C24H24N4O3.C17H14ClIN4S.CH4.S25.S10.H2/c1-23-34(54-41-36(23)37(27-11-13-28(42)14-12-27)45-24(2)38-48-47-25(3)50(38)41)18-16-29-15-10-26(21-44-29)7-4-5-20-43-32-9-6-8-30-31(32)22-49(40(30)53)33-17-19-35(51)46-39(33)52;1-2-17-10-9-16(14-26-17)6-3-4-13-25-20-8-5-7-18-19(20)15-28(24(18)31)21-11-12-22(29)27-23(21)30;1-8-13-14(11-4-6-12(18)7-5-11)20-9(2)16-22-21-10(3)23(16)17(13)24-15(8)19;;1-3-5-7-9-11-13-15-17-19-21-23-25-24-22-20-18-16-14-12-10-8-6-4-2;1-3-5-7-9-10-8-6-4-2;/h6,8-15,21,24,33,43H,4-5,7,16-20,22H2,1-3H3,(H,46,51,52);1,5,7-10,14,21,25H,3-4,6,11-13,15H2,(H,27,29,30);4-7,9H,1-3H3;1H4;;;1H/t24-,33?;;9-;;;;/m0.0..../s1. The smallest absolute Gasteiger partial charge is 0.255 e. The van der Waals surface area contributed by atoms with Gasteiger partial charge in [0.05, 0.1) is 14.3 Å². The number of anilines is 2. The number of aryl methyl sites for hydroxylation is 6. The van der Waals surface area contributed by atoms with Crippen molar-refractivity contribution in [1.82, 2.24) is 59.9 Å². The normalized spacial score (nSPS) is 14.9. The first-order valence-corrected chi connectivity index (χ1v) is 89.5. The maximum atomic E-state index is 13.2. The lowest BCUT2D eigenvalue weighted by Gasteiger charge is -2.29. The number of aliphatic imine (C=N–C) groups is 2. The van der Waals surface area contributed by atoms with Crippen LogP contribution >= 0.6 is 68.5 Å². The summed E-state index contributed by atoms with van der Waals surface area (Å²) in [6.07, 6.45) is 17.8. The van der Waals surface area contributed by atoms with Gasteiger partial charge in [-0.2, -0.15) is 0 Å². The van der Waals surface area contributed by atoms with Gasteiger partial charge in [0.1, 0.15) is 51.5 Å². The van der Waals surface area contributed by atoms with Crippen LogP contribution in [-0.4, -0.2) is 121 Å². The van der Waals surface area contributed by atoms with E-state index < -0.39 is 23.9 Å². The van der Waals surface area contributed by atoms with E-state index in [-0.39, 0.29) is 57.4 Å². The number of carbonyl (C=O) groups excluding carboxylic acids is 6. The maximum absolute atomic E-state index is 13.2. The van der Waals surface area contributed by atoms with Crippen molar-refractivity contribution in [2.75, 3.05) is 23.7 Å². The van der Waals surface area contributed by atoms with Crippen molar-refractivity contribution in [3.05, 3.63) is 241 Å². The van der Waals surface area contributed by atoms with Gasteiger partial charge in [0, 0.05) is 449 Å². The van der Waals surface area contributed by atoms with Crippen molar-refractivity contribution in [2.45, 2.75) is 163 Å². The first-order chi connectivity index (χ1) is 70.0. The van der Waals surface area contributed by atoms with Crippen molar-refractivity contribution >= 4 is 447 Å². The van der Waals surface area contributed by atoms with E-state index >= 15 is 0 Å². The monoisotopic (exact) mass is 2780 g/mol. The summed E-state index contributed by atoms with van der Waals surface area (Å²) >= 11 is 37.1. The number of unbranched alkanes of at least 4 members (excludes halogenated alkanes) is 2. The topological polar surface area (TPSA) is 269 Å². The van der Waals surface area contributed by atoms with Crippen LogP contribution in [0.3, 0.4) is 0 Å². The Morgan fingerprint density at radius 1 is 0.469 bits per heavy atom. The lowest BCUT2D eigenvalue weighted by molar-refractivity contribution is -0.138. The number of nitrogens with zero attached hydrogens (tertiary/aromatic N) is 12. The number of aromatic nitrogens is 8. The molecule has 6 aromatic heterocycles. The molecule has 0 radical (unpaired) electrons. The van der Waals surface area contributed by atoms with Crippen LogP contribution in [0.4, 0.5) is 11.4 Å². The third kappa shape index (κ3) is 36.9. The predicted molar refractivity (Wildman–Crippen MR) is 699 cm³/mol. The number of benzene rings is 4. The third-order valence-corrected chi connectivity index (χ3v) is 90.2. The minimum atomic E-state index is -0.619. The summed E-state index contributed by atoms with van der Waals surface area (Å²) in [4.78, 5) is 97.4. The molecule has 0 aliphatic carbocycles. The van der Waals surface area contributed by atoms with Crippen LogP contribution in [0.5, 0.6) is 0 Å². The van der Waals surface area contributed by atoms with Gasteiger partial charge in [0.2, 0.25) is 23.6 Å². The zero-order chi connectivity index (χ0) is 102. The van der Waals surface area contributed by atoms with Gasteiger partial charge in [0.25, 0.3) is 11.8 Å². The third-order valence-electron chi connectivity index (χ3n) is 21.4. The molecule has 0 saturated carbocycles. The lowest BCUT2D eigenvalue weighted by atomic mass is 9.98. The fraction of sp³-hybridized carbons (Fsp3) is 0.325. The molecule has 10 aromatic rings. The second-order valence-electron chi connectivity index (χ2n) is 29.9. The molecular formula is C83H85Cl2IN16O6S37. The zero-order valence-corrected chi connectivity index (χ0v) is 109. The molecule has 145 heavy (non-hydrogen) atoms. The van der Waals surface area contributed by atoms with Crippen LogP contribution in [-0.2, 0) is 378 Å². The second-order valence-corrected chi connectivity index (χ2v) is 89.5. The number of fused-ring (bicyclic) bond motifs is 8. The molecule has 4 atom stereocenters. The van der Waals surface area contributed by atoms with E-state index in [9.17, 15) is 28.8 Å². The van der Waals surface area contributed by atoms with Crippen molar-refractivity contribution in [1.29, 1.82) is 0 Å². The first kappa shape index (κ1) is 123. The number of rotatable bonds is 19. The van der Waals surface area contributed by atoms with Crippen LogP contribution in [0, 0.1) is 42.9 Å². The van der Waals surface area contributed by atoms with E-state index in [1.54, 1.807) is 216 Å². The summed E-state index contributed by atoms with van der Waals surface area (Å²) in [5.74, 6) is 4.32. The van der Waals surface area contributed by atoms with Gasteiger partial charge < -0.3 is 20.4 Å². The molecule has 16 rings (SSSR count). The maximum Gasteiger partial charge on any atom is 0.255 e. The Labute approximate surface area is 981 Å². The Bertz CT molecular complexity index is 8200. The van der Waals surface area contributed by atoms with Gasteiger partial charge in [-0.1, -0.05) is 85.1 Å². The van der Waals surface area contributed by atoms with E-state index in [1.165, 1.54) is 65.5 Å². The van der Waals surface area contributed by atoms with E-state index in [0.717, 1.165) is 165 Å².